The van der Waals surface area contributed by atoms with Crippen molar-refractivity contribution in [3.8, 4) is 0 Å². The Hall–Kier alpha value is -7.82. The molecule has 0 radical (unpaired) electrons. The van der Waals surface area contributed by atoms with Crippen LogP contribution in [0.3, 0.4) is 0 Å². The minimum atomic E-state index is -0.0141. The fourth-order valence-corrected chi connectivity index (χ4v) is 11.0. The first-order valence-electron chi connectivity index (χ1n) is 23.3. The summed E-state index contributed by atoms with van der Waals surface area (Å²) in [6.45, 7) is 13.9. The Kier molecular flexibility index (Phi) is 8.10. The summed E-state index contributed by atoms with van der Waals surface area (Å²) in [7, 11) is 0. The highest BCUT2D eigenvalue weighted by Crippen LogP contribution is 2.52. The second kappa shape index (κ2) is 13.8. The Morgan fingerprint density at radius 3 is 0.955 bits per heavy atom. The second-order valence-electron chi connectivity index (χ2n) is 20.2. The molecule has 0 spiro atoms. The van der Waals surface area contributed by atoms with Gasteiger partial charge in [0.05, 0.1) is 44.5 Å². The minimum Gasteiger partial charge on any atom is -0.310 e. The predicted molar refractivity (Wildman–Crippen MR) is 283 cm³/mol. The maximum absolute atomic E-state index is 2.57. The van der Waals surface area contributed by atoms with Gasteiger partial charge in [0.15, 0.2) is 0 Å². The Morgan fingerprint density at radius 1 is 0.303 bits per heavy atom. The van der Waals surface area contributed by atoms with Gasteiger partial charge in [-0.1, -0.05) is 139 Å². The van der Waals surface area contributed by atoms with Crippen molar-refractivity contribution >= 4 is 110 Å². The zero-order valence-corrected chi connectivity index (χ0v) is 38.3. The van der Waals surface area contributed by atoms with E-state index in [4.69, 9.17) is 0 Å². The largest absolute Gasteiger partial charge is 0.310 e. The standard InChI is InChI=1S/C62H50N4/c1-61(2,3)39-27-31-51-49(35-39)57-53(63(41-19-11-7-12-20-41)42-21-13-8-14-22-42)33-29-45-47-38-56-48(37-55(47)65(51)59(45)57)46-30-34-54(64(43-23-15-9-16-24-43)44-25-17-10-18-26-44)58-50-36-40(62(4,5)6)28-32-52(50)66(56)60(46)58/h7-38H,1-6H3. The summed E-state index contributed by atoms with van der Waals surface area (Å²) in [5, 5.41) is 10.1. The first kappa shape index (κ1) is 38.6. The van der Waals surface area contributed by atoms with Gasteiger partial charge in [-0.2, -0.15) is 0 Å². The molecule has 0 aliphatic heterocycles. The summed E-state index contributed by atoms with van der Waals surface area (Å²) in [4.78, 5) is 4.87. The normalized spacial score (nSPS) is 12.7. The van der Waals surface area contributed by atoms with E-state index in [9.17, 15) is 0 Å². The van der Waals surface area contributed by atoms with E-state index in [0.717, 1.165) is 22.7 Å². The molecule has 4 heteroatoms. The third-order valence-corrected chi connectivity index (χ3v) is 14.2. The molecule has 0 unspecified atom stereocenters. The van der Waals surface area contributed by atoms with E-state index in [1.54, 1.807) is 0 Å². The number of fused-ring (bicyclic) bond motifs is 12. The number of anilines is 6. The van der Waals surface area contributed by atoms with Crippen molar-refractivity contribution in [3.63, 3.8) is 0 Å². The lowest BCUT2D eigenvalue weighted by Gasteiger charge is -2.26. The van der Waals surface area contributed by atoms with Crippen molar-refractivity contribution < 1.29 is 0 Å². The maximum Gasteiger partial charge on any atom is 0.0641 e. The molecule has 4 aromatic heterocycles. The van der Waals surface area contributed by atoms with Crippen LogP contribution in [0.1, 0.15) is 52.7 Å². The van der Waals surface area contributed by atoms with Crippen LogP contribution < -0.4 is 9.80 Å². The van der Waals surface area contributed by atoms with Crippen molar-refractivity contribution in [2.45, 2.75) is 52.4 Å². The summed E-state index contributed by atoms with van der Waals surface area (Å²) in [6.07, 6.45) is 0. The van der Waals surface area contributed by atoms with Crippen molar-refractivity contribution in [1.29, 1.82) is 0 Å². The van der Waals surface area contributed by atoms with Crippen LogP contribution in [0.25, 0.3) is 76.2 Å². The lowest BCUT2D eigenvalue weighted by atomic mass is 9.86. The number of hydrogen-bond acceptors (Lipinski definition) is 2. The Bertz CT molecular complexity index is 3640. The molecule has 0 aliphatic rings. The molecule has 0 N–H and O–H groups in total. The second-order valence-corrected chi connectivity index (χ2v) is 20.2. The fraction of sp³-hybridized carbons (Fsp3) is 0.129. The van der Waals surface area contributed by atoms with Gasteiger partial charge in [0, 0.05) is 65.8 Å². The van der Waals surface area contributed by atoms with Crippen LogP contribution in [0.4, 0.5) is 34.1 Å². The lowest BCUT2D eigenvalue weighted by molar-refractivity contribution is 0.591. The number of aromatic nitrogens is 2. The first-order chi connectivity index (χ1) is 32.0. The van der Waals surface area contributed by atoms with Crippen molar-refractivity contribution in [3.05, 3.63) is 205 Å². The first-order valence-corrected chi connectivity index (χ1v) is 23.3. The Labute approximate surface area is 384 Å². The van der Waals surface area contributed by atoms with E-state index in [1.807, 2.05) is 0 Å². The molecule has 13 aromatic rings. The van der Waals surface area contributed by atoms with Gasteiger partial charge in [0.1, 0.15) is 0 Å². The molecule has 0 amide bonds. The molecular formula is C62H50N4. The van der Waals surface area contributed by atoms with Crippen LogP contribution >= 0.6 is 0 Å². The van der Waals surface area contributed by atoms with Gasteiger partial charge in [-0.3, -0.25) is 0 Å². The third kappa shape index (κ3) is 5.51. The fourth-order valence-electron chi connectivity index (χ4n) is 11.0. The van der Waals surface area contributed by atoms with Crippen molar-refractivity contribution in [2.75, 3.05) is 9.80 Å². The average Bonchev–Trinajstić information content (AvgIpc) is 4.05. The summed E-state index contributed by atoms with van der Waals surface area (Å²) in [5.74, 6) is 0. The summed E-state index contributed by atoms with van der Waals surface area (Å²) >= 11 is 0. The molecule has 0 fully saturated rings. The van der Waals surface area contributed by atoms with Gasteiger partial charge >= 0.3 is 0 Å². The van der Waals surface area contributed by atoms with Crippen LogP contribution in [-0.4, -0.2) is 8.80 Å². The SMILES string of the molecule is CC(C)(C)c1ccc2c(c1)c1c(N(c3ccccc3)c3ccccc3)ccc3c4cc5c(cc4n2c31)c1ccc(N(c2ccccc2)c2ccccc2)c2c3cc(C(C)(C)C)ccc3n5c12. The minimum absolute atomic E-state index is 0.0141. The topological polar surface area (TPSA) is 15.3 Å². The molecule has 0 aliphatic carbocycles. The van der Waals surface area contributed by atoms with Crippen molar-refractivity contribution in [2.24, 2.45) is 0 Å². The molecule has 4 heterocycles. The molecule has 0 bridgehead atoms. The number of hydrogen-bond donors (Lipinski definition) is 0. The molecule has 0 saturated heterocycles. The molecular weight excluding hydrogens is 801 g/mol. The average molecular weight is 851 g/mol. The number of rotatable bonds is 6. The van der Waals surface area contributed by atoms with Crippen LogP contribution in [0.5, 0.6) is 0 Å². The van der Waals surface area contributed by atoms with Gasteiger partial charge < -0.3 is 18.6 Å². The van der Waals surface area contributed by atoms with Crippen LogP contribution in [-0.2, 0) is 10.8 Å². The highest BCUT2D eigenvalue weighted by Gasteiger charge is 2.29. The zero-order valence-electron chi connectivity index (χ0n) is 38.3. The van der Waals surface area contributed by atoms with Crippen LogP contribution in [0.15, 0.2) is 194 Å². The summed E-state index contributed by atoms with van der Waals surface area (Å²) < 4.78 is 5.14. The monoisotopic (exact) mass is 850 g/mol. The Balaban J connectivity index is 1.16. The van der Waals surface area contributed by atoms with Gasteiger partial charge in [-0.25, -0.2) is 0 Å². The molecule has 13 rings (SSSR count). The number of para-hydroxylation sites is 4. The molecule has 9 aromatic carbocycles. The van der Waals surface area contributed by atoms with Gasteiger partial charge in [-0.15, -0.1) is 0 Å². The smallest absolute Gasteiger partial charge is 0.0641 e. The molecule has 4 nitrogen and oxygen atoms in total. The van der Waals surface area contributed by atoms with Crippen molar-refractivity contribution in [1.82, 2.24) is 8.80 Å². The van der Waals surface area contributed by atoms with E-state index in [2.05, 4.69) is 254 Å². The molecule has 0 atom stereocenters. The number of nitrogens with zero attached hydrogens (tertiary/aromatic N) is 4. The van der Waals surface area contributed by atoms with E-state index >= 15 is 0 Å². The molecule has 318 valence electrons. The lowest BCUT2D eigenvalue weighted by Crippen LogP contribution is -2.11. The van der Waals surface area contributed by atoms with E-state index in [0.29, 0.717) is 0 Å². The Morgan fingerprint density at radius 2 is 0.636 bits per heavy atom. The highest BCUT2D eigenvalue weighted by atomic mass is 15.2. The maximum atomic E-state index is 2.57. The van der Waals surface area contributed by atoms with Gasteiger partial charge in [-0.05, 0) is 119 Å². The predicted octanol–water partition coefficient (Wildman–Crippen LogP) is 17.5. The quantitative estimate of drug-likeness (QED) is 0.166. The van der Waals surface area contributed by atoms with E-state index in [1.165, 1.54) is 98.7 Å². The molecule has 0 saturated carbocycles. The third-order valence-electron chi connectivity index (χ3n) is 14.2. The summed E-state index contributed by atoms with van der Waals surface area (Å²) in [5.41, 5.74) is 16.9. The van der Waals surface area contributed by atoms with Crippen LogP contribution in [0.2, 0.25) is 0 Å². The summed E-state index contributed by atoms with van der Waals surface area (Å²) in [6, 6.07) is 72.2. The highest BCUT2D eigenvalue weighted by molar-refractivity contribution is 6.32. The molecule has 66 heavy (non-hydrogen) atoms. The zero-order chi connectivity index (χ0) is 44.6. The van der Waals surface area contributed by atoms with E-state index < -0.39 is 0 Å². The number of benzene rings is 9. The van der Waals surface area contributed by atoms with Crippen LogP contribution in [0, 0.1) is 0 Å². The van der Waals surface area contributed by atoms with E-state index in [-0.39, 0.29) is 10.8 Å². The van der Waals surface area contributed by atoms with Gasteiger partial charge in [0.2, 0.25) is 0 Å². The van der Waals surface area contributed by atoms with Gasteiger partial charge in [0.25, 0.3) is 0 Å².